The number of Topliss-reactive ketones (excluding diaryl/α,β-unsaturated/α-hetero) is 2. The van der Waals surface area contributed by atoms with Gasteiger partial charge in [-0.25, -0.2) is 8.42 Å². The lowest BCUT2D eigenvalue weighted by molar-refractivity contribution is -0.122. The standard InChI is InChI=1S/C22H20N2O4S/c1-3-4-17-7-9-18(10-8-17)11-12-19(25)15-21(26)22(24-23)29(27,28)20-13-5-16(2)6-14-20/h5-10,13-14H,3-4,15H2,1-2H3. The maximum absolute atomic E-state index is 12.5. The van der Waals surface area contributed by atoms with E-state index in [9.17, 15) is 18.0 Å². The Balaban J connectivity index is 2.13. The van der Waals surface area contributed by atoms with Crippen molar-refractivity contribution in [3.63, 3.8) is 0 Å². The molecule has 7 heteroatoms. The van der Waals surface area contributed by atoms with Gasteiger partial charge < -0.3 is 5.53 Å². The van der Waals surface area contributed by atoms with Gasteiger partial charge >= 0.3 is 5.04 Å². The Morgan fingerprint density at radius 2 is 1.66 bits per heavy atom. The van der Waals surface area contributed by atoms with Crippen molar-refractivity contribution in [3.8, 4) is 11.8 Å². The molecule has 0 aliphatic rings. The lowest BCUT2D eigenvalue weighted by Crippen LogP contribution is -2.27. The number of rotatable bonds is 6. The van der Waals surface area contributed by atoms with Crippen molar-refractivity contribution < 1.29 is 22.8 Å². The van der Waals surface area contributed by atoms with E-state index < -0.39 is 32.9 Å². The minimum atomic E-state index is -4.34. The number of carbonyl (C=O) groups excluding carboxylic acids is 2. The molecule has 0 unspecified atom stereocenters. The minimum absolute atomic E-state index is 0.199. The van der Waals surface area contributed by atoms with Gasteiger partial charge in [-0.15, -0.1) is 4.79 Å². The van der Waals surface area contributed by atoms with E-state index in [2.05, 4.69) is 23.6 Å². The highest BCUT2D eigenvalue weighted by atomic mass is 32.2. The van der Waals surface area contributed by atoms with Crippen LogP contribution in [0.4, 0.5) is 0 Å². The van der Waals surface area contributed by atoms with Gasteiger partial charge in [0.1, 0.15) is 0 Å². The van der Waals surface area contributed by atoms with Crippen molar-refractivity contribution in [1.82, 2.24) is 0 Å². The van der Waals surface area contributed by atoms with Crippen molar-refractivity contribution in [2.45, 2.75) is 38.0 Å². The highest BCUT2D eigenvalue weighted by Crippen LogP contribution is 2.14. The second-order valence-corrected chi connectivity index (χ2v) is 8.31. The SMILES string of the molecule is CCCc1ccc(C#CC(=O)CC(=O)C(=[N+]=[N-])S(=O)(=O)c2ccc(C)cc2)cc1. The largest absolute Gasteiger partial charge is 0.452 e. The predicted molar refractivity (Wildman–Crippen MR) is 109 cm³/mol. The van der Waals surface area contributed by atoms with Crippen LogP contribution in [0.3, 0.4) is 0 Å². The van der Waals surface area contributed by atoms with Crippen LogP contribution in [0.15, 0.2) is 53.4 Å². The molecule has 0 saturated heterocycles. The third-order valence-corrected chi connectivity index (χ3v) is 5.79. The van der Waals surface area contributed by atoms with Gasteiger partial charge in [0.05, 0.1) is 11.3 Å². The zero-order valence-corrected chi connectivity index (χ0v) is 17.0. The number of sulfone groups is 1. The van der Waals surface area contributed by atoms with Gasteiger partial charge in [-0.05, 0) is 49.1 Å². The van der Waals surface area contributed by atoms with Crippen LogP contribution in [0, 0.1) is 18.8 Å². The van der Waals surface area contributed by atoms with Crippen LogP contribution < -0.4 is 0 Å². The van der Waals surface area contributed by atoms with E-state index in [0.717, 1.165) is 24.0 Å². The lowest BCUT2D eigenvalue weighted by atomic mass is 10.1. The van der Waals surface area contributed by atoms with E-state index in [0.29, 0.717) is 5.56 Å². The smallest absolute Gasteiger partial charge is 0.360 e. The first kappa shape index (κ1) is 22.0. The Morgan fingerprint density at radius 3 is 2.21 bits per heavy atom. The highest BCUT2D eigenvalue weighted by Gasteiger charge is 2.37. The molecule has 0 N–H and O–H groups in total. The third-order valence-electron chi connectivity index (χ3n) is 4.08. The van der Waals surface area contributed by atoms with E-state index in [1.807, 2.05) is 12.1 Å². The minimum Gasteiger partial charge on any atom is -0.360 e. The first-order valence-electron chi connectivity index (χ1n) is 8.98. The van der Waals surface area contributed by atoms with Crippen molar-refractivity contribution in [2.75, 3.05) is 0 Å². The average molecular weight is 408 g/mol. The van der Waals surface area contributed by atoms with Crippen LogP contribution in [0.25, 0.3) is 5.53 Å². The summed E-state index contributed by atoms with van der Waals surface area (Å²) in [6, 6.07) is 13.1. The second kappa shape index (κ2) is 9.74. The summed E-state index contributed by atoms with van der Waals surface area (Å²) in [5.41, 5.74) is 11.7. The molecule has 0 heterocycles. The number of nitrogens with zero attached hydrogens (tertiary/aromatic N) is 2. The van der Waals surface area contributed by atoms with E-state index in [4.69, 9.17) is 5.53 Å². The molecule has 29 heavy (non-hydrogen) atoms. The summed E-state index contributed by atoms with van der Waals surface area (Å²) in [5, 5.41) is -1.08. The molecule has 0 atom stereocenters. The Hall–Kier alpha value is -3.33. The van der Waals surface area contributed by atoms with Gasteiger partial charge in [0.25, 0.3) is 15.6 Å². The Morgan fingerprint density at radius 1 is 1.03 bits per heavy atom. The molecular weight excluding hydrogens is 388 g/mol. The molecule has 0 saturated carbocycles. The van der Waals surface area contributed by atoms with E-state index in [1.165, 1.54) is 12.1 Å². The van der Waals surface area contributed by atoms with Crippen molar-refractivity contribution in [1.29, 1.82) is 0 Å². The third kappa shape index (κ3) is 5.82. The zero-order chi connectivity index (χ0) is 21.4. The summed E-state index contributed by atoms with van der Waals surface area (Å²) >= 11 is 0. The van der Waals surface area contributed by atoms with Crippen LogP contribution in [0.1, 0.15) is 36.5 Å². The topological polar surface area (TPSA) is 105 Å². The van der Waals surface area contributed by atoms with E-state index >= 15 is 0 Å². The van der Waals surface area contributed by atoms with Crippen LogP contribution in [0.5, 0.6) is 0 Å². The molecule has 0 bridgehead atoms. The van der Waals surface area contributed by atoms with Crippen LogP contribution in [0.2, 0.25) is 0 Å². The summed E-state index contributed by atoms with van der Waals surface area (Å²) in [5.74, 6) is 3.08. The fraction of sp³-hybridized carbons (Fsp3) is 0.227. The second-order valence-electron chi connectivity index (χ2n) is 6.44. The number of benzene rings is 2. The fourth-order valence-corrected chi connectivity index (χ4v) is 3.74. The van der Waals surface area contributed by atoms with Gasteiger partial charge in [-0.1, -0.05) is 49.1 Å². The summed E-state index contributed by atoms with van der Waals surface area (Å²) in [4.78, 5) is 26.7. The number of hydrogen-bond acceptors (Lipinski definition) is 4. The van der Waals surface area contributed by atoms with Gasteiger partial charge in [-0.3, -0.25) is 9.59 Å². The summed E-state index contributed by atoms with van der Waals surface area (Å²) in [7, 11) is -4.34. The fourth-order valence-electron chi connectivity index (χ4n) is 2.54. The highest BCUT2D eigenvalue weighted by molar-refractivity contribution is 8.08. The zero-order valence-electron chi connectivity index (χ0n) is 16.2. The van der Waals surface area contributed by atoms with Gasteiger partial charge in [0.2, 0.25) is 5.78 Å². The molecular formula is C22H20N2O4S. The molecule has 0 aromatic heterocycles. The molecule has 0 aliphatic heterocycles. The monoisotopic (exact) mass is 408 g/mol. The van der Waals surface area contributed by atoms with Gasteiger partial charge in [0.15, 0.2) is 0 Å². The molecule has 2 rings (SSSR count). The molecule has 0 radical (unpaired) electrons. The molecule has 0 spiro atoms. The van der Waals surface area contributed by atoms with Crippen molar-refractivity contribution >= 4 is 26.4 Å². The van der Waals surface area contributed by atoms with Crippen molar-refractivity contribution in [3.05, 3.63) is 70.8 Å². The molecule has 0 fully saturated rings. The molecule has 0 amide bonds. The maximum Gasteiger partial charge on any atom is 0.452 e. The van der Waals surface area contributed by atoms with Crippen LogP contribution >= 0.6 is 0 Å². The first-order valence-corrected chi connectivity index (χ1v) is 10.5. The predicted octanol–water partition coefficient (Wildman–Crippen LogP) is 2.93. The quantitative estimate of drug-likeness (QED) is 0.183. The maximum atomic E-state index is 12.5. The molecule has 148 valence electrons. The Bertz CT molecular complexity index is 1130. The normalized spacial score (nSPS) is 10.4. The number of hydrogen-bond donors (Lipinski definition) is 0. The van der Waals surface area contributed by atoms with Gasteiger partial charge in [-0.2, -0.15) is 0 Å². The number of aryl methyl sites for hydroxylation is 2. The number of ketones is 2. The lowest BCUT2D eigenvalue weighted by Gasteiger charge is -2.00. The van der Waals surface area contributed by atoms with E-state index in [-0.39, 0.29) is 4.90 Å². The van der Waals surface area contributed by atoms with Crippen LogP contribution in [-0.2, 0) is 25.8 Å². The summed E-state index contributed by atoms with van der Waals surface area (Å²) in [6.07, 6.45) is 1.16. The molecule has 2 aromatic rings. The molecule has 2 aromatic carbocycles. The molecule has 6 nitrogen and oxygen atoms in total. The summed E-state index contributed by atoms with van der Waals surface area (Å²) in [6.45, 7) is 3.85. The van der Waals surface area contributed by atoms with E-state index in [1.54, 1.807) is 31.2 Å². The Kier molecular flexibility index (Phi) is 7.38. The van der Waals surface area contributed by atoms with Crippen molar-refractivity contribution in [2.24, 2.45) is 0 Å². The molecule has 0 aliphatic carbocycles. The average Bonchev–Trinajstić information content (AvgIpc) is 2.68. The Labute approximate surface area is 170 Å². The summed E-state index contributed by atoms with van der Waals surface area (Å²) < 4.78 is 25.0. The van der Waals surface area contributed by atoms with Gasteiger partial charge in [0, 0.05) is 5.56 Å². The first-order chi connectivity index (χ1) is 13.8. The number of carbonyl (C=O) groups is 2. The van der Waals surface area contributed by atoms with Crippen LogP contribution in [-0.4, -0.2) is 29.8 Å².